The molecule has 0 saturated carbocycles. The first-order chi connectivity index (χ1) is 13.2. The lowest BCUT2D eigenvalue weighted by Crippen LogP contribution is -2.26. The summed E-state index contributed by atoms with van der Waals surface area (Å²) in [5.74, 6) is 2.53. The van der Waals surface area contributed by atoms with Gasteiger partial charge in [0.2, 0.25) is 17.6 Å². The SMILES string of the molecule is CN(Cc1ccc2c(c1)OCCO2)C(=O)CCc1nc(-c2cccs2)no1. The third-order valence-electron chi connectivity index (χ3n) is 4.21. The number of ether oxygens (including phenoxy) is 2. The molecule has 1 amide bonds. The summed E-state index contributed by atoms with van der Waals surface area (Å²) >= 11 is 1.55. The van der Waals surface area contributed by atoms with Crippen LogP contribution in [0.3, 0.4) is 0 Å². The zero-order valence-corrected chi connectivity index (χ0v) is 15.7. The summed E-state index contributed by atoms with van der Waals surface area (Å²) in [5.41, 5.74) is 0.993. The molecule has 1 aromatic carbocycles. The molecule has 0 atom stereocenters. The topological polar surface area (TPSA) is 77.7 Å². The van der Waals surface area contributed by atoms with Gasteiger partial charge in [-0.1, -0.05) is 17.3 Å². The maximum atomic E-state index is 12.4. The highest BCUT2D eigenvalue weighted by Gasteiger charge is 2.16. The molecule has 27 heavy (non-hydrogen) atoms. The zero-order chi connectivity index (χ0) is 18.6. The van der Waals surface area contributed by atoms with Gasteiger partial charge < -0.3 is 18.9 Å². The molecule has 0 unspecified atom stereocenters. The molecule has 3 aromatic rings. The van der Waals surface area contributed by atoms with Crippen molar-refractivity contribution in [2.45, 2.75) is 19.4 Å². The Bertz CT molecular complexity index is 923. The minimum Gasteiger partial charge on any atom is -0.486 e. The average Bonchev–Trinajstić information content (AvgIpc) is 3.37. The van der Waals surface area contributed by atoms with Crippen LogP contribution in [0.1, 0.15) is 17.9 Å². The van der Waals surface area contributed by atoms with Gasteiger partial charge in [-0.25, -0.2) is 0 Å². The van der Waals surface area contributed by atoms with Gasteiger partial charge in [0.25, 0.3) is 0 Å². The van der Waals surface area contributed by atoms with E-state index in [1.54, 1.807) is 23.3 Å². The first kappa shape index (κ1) is 17.5. The summed E-state index contributed by atoms with van der Waals surface area (Å²) in [7, 11) is 1.78. The Morgan fingerprint density at radius 2 is 2.07 bits per heavy atom. The molecular formula is C19H19N3O4S. The first-order valence-electron chi connectivity index (χ1n) is 8.68. The molecule has 0 saturated heterocycles. The van der Waals surface area contributed by atoms with Gasteiger partial charge in [-0.05, 0) is 29.1 Å². The molecule has 0 radical (unpaired) electrons. The molecule has 1 aliphatic rings. The average molecular weight is 385 g/mol. The van der Waals surface area contributed by atoms with Crippen LogP contribution < -0.4 is 9.47 Å². The number of amides is 1. The van der Waals surface area contributed by atoms with Crippen LogP contribution in [0, 0.1) is 0 Å². The number of rotatable bonds is 6. The Labute approximate surface area is 160 Å². The van der Waals surface area contributed by atoms with E-state index in [1.807, 2.05) is 35.7 Å². The van der Waals surface area contributed by atoms with Gasteiger partial charge in [0.05, 0.1) is 4.88 Å². The predicted octanol–water partition coefficient (Wildman–Crippen LogP) is 3.16. The maximum Gasteiger partial charge on any atom is 0.227 e. The van der Waals surface area contributed by atoms with Gasteiger partial charge in [-0.15, -0.1) is 11.3 Å². The van der Waals surface area contributed by atoms with Crippen LogP contribution in [-0.2, 0) is 17.8 Å². The second kappa shape index (κ2) is 7.79. The maximum absolute atomic E-state index is 12.4. The van der Waals surface area contributed by atoms with E-state index in [0.29, 0.717) is 44.3 Å². The van der Waals surface area contributed by atoms with Crippen molar-refractivity contribution in [3.05, 3.63) is 47.2 Å². The van der Waals surface area contributed by atoms with E-state index in [4.69, 9.17) is 14.0 Å². The van der Waals surface area contributed by atoms with Gasteiger partial charge in [-0.2, -0.15) is 4.98 Å². The molecular weight excluding hydrogens is 366 g/mol. The van der Waals surface area contributed by atoms with Crippen LogP contribution in [0.4, 0.5) is 0 Å². The Morgan fingerprint density at radius 1 is 1.22 bits per heavy atom. The fourth-order valence-electron chi connectivity index (χ4n) is 2.82. The molecule has 2 aromatic heterocycles. The highest BCUT2D eigenvalue weighted by Crippen LogP contribution is 2.31. The lowest BCUT2D eigenvalue weighted by Gasteiger charge is -2.21. The number of hydrogen-bond donors (Lipinski definition) is 0. The lowest BCUT2D eigenvalue weighted by atomic mass is 10.1. The third kappa shape index (κ3) is 4.11. The van der Waals surface area contributed by atoms with Crippen LogP contribution in [0.15, 0.2) is 40.2 Å². The minimum atomic E-state index is 0.0146. The highest BCUT2D eigenvalue weighted by atomic mass is 32.1. The molecule has 0 aliphatic carbocycles. The van der Waals surface area contributed by atoms with Crippen LogP contribution in [0.25, 0.3) is 10.7 Å². The smallest absolute Gasteiger partial charge is 0.227 e. The number of thiophene rings is 1. The molecule has 1 aliphatic heterocycles. The van der Waals surface area contributed by atoms with E-state index in [1.165, 1.54) is 0 Å². The van der Waals surface area contributed by atoms with Crippen LogP contribution in [-0.4, -0.2) is 41.2 Å². The summed E-state index contributed by atoms with van der Waals surface area (Å²) in [5, 5.41) is 5.92. The Morgan fingerprint density at radius 3 is 2.89 bits per heavy atom. The number of carbonyl (C=O) groups is 1. The summed E-state index contributed by atoms with van der Waals surface area (Å²) in [6.45, 7) is 1.61. The van der Waals surface area contributed by atoms with Crippen LogP contribution >= 0.6 is 11.3 Å². The van der Waals surface area contributed by atoms with E-state index >= 15 is 0 Å². The van der Waals surface area contributed by atoms with Crippen molar-refractivity contribution in [3.63, 3.8) is 0 Å². The Hall–Kier alpha value is -2.87. The van der Waals surface area contributed by atoms with Gasteiger partial charge in [0, 0.05) is 26.4 Å². The number of aromatic nitrogens is 2. The molecule has 8 heteroatoms. The van der Waals surface area contributed by atoms with Crippen molar-refractivity contribution in [3.8, 4) is 22.2 Å². The quantitative estimate of drug-likeness (QED) is 0.649. The van der Waals surface area contributed by atoms with Crippen molar-refractivity contribution in [2.24, 2.45) is 0 Å². The summed E-state index contributed by atoms with van der Waals surface area (Å²) in [6, 6.07) is 9.62. The summed E-state index contributed by atoms with van der Waals surface area (Å²) in [6.07, 6.45) is 0.732. The Kier molecular flexibility index (Phi) is 5.06. The van der Waals surface area contributed by atoms with Gasteiger partial charge in [0.15, 0.2) is 11.5 Å². The summed E-state index contributed by atoms with van der Waals surface area (Å²) in [4.78, 5) is 19.4. The third-order valence-corrected chi connectivity index (χ3v) is 5.08. The van der Waals surface area contributed by atoms with E-state index in [0.717, 1.165) is 21.9 Å². The van der Waals surface area contributed by atoms with E-state index < -0.39 is 0 Å². The molecule has 0 bridgehead atoms. The van der Waals surface area contributed by atoms with Crippen molar-refractivity contribution in [2.75, 3.05) is 20.3 Å². The lowest BCUT2D eigenvalue weighted by molar-refractivity contribution is -0.130. The van der Waals surface area contributed by atoms with E-state index in [-0.39, 0.29) is 5.91 Å². The van der Waals surface area contributed by atoms with Crippen molar-refractivity contribution in [1.29, 1.82) is 0 Å². The largest absolute Gasteiger partial charge is 0.486 e. The molecule has 140 valence electrons. The van der Waals surface area contributed by atoms with Gasteiger partial charge in [-0.3, -0.25) is 4.79 Å². The van der Waals surface area contributed by atoms with Gasteiger partial charge >= 0.3 is 0 Å². The summed E-state index contributed by atoms with van der Waals surface area (Å²) < 4.78 is 16.4. The van der Waals surface area contributed by atoms with E-state index in [9.17, 15) is 4.79 Å². The molecule has 3 heterocycles. The number of aryl methyl sites for hydroxylation is 1. The number of benzene rings is 1. The van der Waals surface area contributed by atoms with Gasteiger partial charge in [0.1, 0.15) is 13.2 Å². The molecule has 0 spiro atoms. The molecule has 0 fully saturated rings. The first-order valence-corrected chi connectivity index (χ1v) is 9.56. The Balaban J connectivity index is 1.32. The highest BCUT2D eigenvalue weighted by molar-refractivity contribution is 7.13. The van der Waals surface area contributed by atoms with Crippen LogP contribution in [0.5, 0.6) is 11.5 Å². The van der Waals surface area contributed by atoms with Crippen molar-refractivity contribution in [1.82, 2.24) is 15.0 Å². The second-order valence-corrected chi connectivity index (χ2v) is 7.16. The number of hydrogen-bond acceptors (Lipinski definition) is 7. The van der Waals surface area contributed by atoms with Crippen LogP contribution in [0.2, 0.25) is 0 Å². The number of nitrogens with zero attached hydrogens (tertiary/aromatic N) is 3. The molecule has 7 nitrogen and oxygen atoms in total. The fraction of sp³-hybridized carbons (Fsp3) is 0.316. The van der Waals surface area contributed by atoms with E-state index in [2.05, 4.69) is 10.1 Å². The number of carbonyl (C=O) groups excluding carboxylic acids is 1. The standard InChI is InChI=1S/C19H19N3O4S/c1-22(12-13-4-5-14-15(11-13)25-9-8-24-14)18(23)7-6-17-20-19(21-26-17)16-3-2-10-27-16/h2-5,10-11H,6-9,12H2,1H3. The normalized spacial score (nSPS) is 12.8. The fourth-order valence-corrected chi connectivity index (χ4v) is 3.46. The predicted molar refractivity (Wildman–Crippen MR) is 99.8 cm³/mol. The monoisotopic (exact) mass is 385 g/mol. The van der Waals surface area contributed by atoms with Crippen molar-refractivity contribution >= 4 is 17.2 Å². The minimum absolute atomic E-state index is 0.0146. The molecule has 0 N–H and O–H groups in total. The second-order valence-electron chi connectivity index (χ2n) is 6.22. The zero-order valence-electron chi connectivity index (χ0n) is 14.9. The number of fused-ring (bicyclic) bond motifs is 1. The molecule has 4 rings (SSSR count). The van der Waals surface area contributed by atoms with Crippen molar-refractivity contribution < 1.29 is 18.8 Å².